The van der Waals surface area contributed by atoms with Crippen LogP contribution < -0.4 is 5.32 Å². The first-order chi connectivity index (χ1) is 10.6. The molecule has 1 N–H and O–H groups in total. The molecule has 1 aromatic carbocycles. The molecule has 1 heterocycles. The van der Waals surface area contributed by atoms with Gasteiger partial charge in [-0.3, -0.25) is 4.79 Å². The Hall–Kier alpha value is -1.82. The molecule has 1 saturated carbocycles. The van der Waals surface area contributed by atoms with Gasteiger partial charge in [-0.15, -0.1) is 10.2 Å². The number of rotatable bonds is 6. The molecule has 3 rings (SSSR count). The Kier molecular flexibility index (Phi) is 4.47. The number of hydrogen-bond donors (Lipinski definition) is 1. The fourth-order valence-electron chi connectivity index (χ4n) is 2.32. The molecule has 1 aliphatic carbocycles. The first-order valence-electron chi connectivity index (χ1n) is 7.55. The Morgan fingerprint density at radius 2 is 2.09 bits per heavy atom. The van der Waals surface area contributed by atoms with Crippen molar-refractivity contribution >= 4 is 17.7 Å². The van der Waals surface area contributed by atoms with Crippen LogP contribution in [0, 0.1) is 6.92 Å². The van der Waals surface area contributed by atoms with Crippen LogP contribution in [0.4, 0.5) is 0 Å². The van der Waals surface area contributed by atoms with Gasteiger partial charge in [0.2, 0.25) is 5.91 Å². The number of nitrogens with zero attached hydrogens (tertiary/aromatic N) is 3. The third kappa shape index (κ3) is 3.50. The molecule has 0 bridgehead atoms. The SMILES string of the molecule is Cc1nnc(S[C@@H](C)C(=O)NCc2ccccc2)n1C1CC1. The summed E-state index contributed by atoms with van der Waals surface area (Å²) < 4.78 is 2.16. The summed E-state index contributed by atoms with van der Waals surface area (Å²) in [6.45, 7) is 4.43. The van der Waals surface area contributed by atoms with E-state index in [0.29, 0.717) is 12.6 Å². The zero-order chi connectivity index (χ0) is 15.5. The van der Waals surface area contributed by atoms with E-state index in [9.17, 15) is 4.79 Å². The molecule has 0 aliphatic heterocycles. The highest BCUT2D eigenvalue weighted by Crippen LogP contribution is 2.39. The smallest absolute Gasteiger partial charge is 0.233 e. The van der Waals surface area contributed by atoms with Gasteiger partial charge in [0.25, 0.3) is 0 Å². The number of nitrogens with one attached hydrogen (secondary N) is 1. The predicted molar refractivity (Wildman–Crippen MR) is 86.6 cm³/mol. The molecule has 5 nitrogen and oxygen atoms in total. The summed E-state index contributed by atoms with van der Waals surface area (Å²) in [4.78, 5) is 12.2. The molecule has 0 saturated heterocycles. The van der Waals surface area contributed by atoms with Crippen molar-refractivity contribution in [3.05, 3.63) is 41.7 Å². The lowest BCUT2D eigenvalue weighted by Crippen LogP contribution is -2.30. The first-order valence-corrected chi connectivity index (χ1v) is 8.43. The van der Waals surface area contributed by atoms with E-state index in [1.165, 1.54) is 24.6 Å². The van der Waals surface area contributed by atoms with Crippen LogP contribution in [0.25, 0.3) is 0 Å². The van der Waals surface area contributed by atoms with Crippen LogP contribution in [0.5, 0.6) is 0 Å². The fraction of sp³-hybridized carbons (Fsp3) is 0.438. The second-order valence-electron chi connectivity index (χ2n) is 5.59. The van der Waals surface area contributed by atoms with E-state index < -0.39 is 0 Å². The van der Waals surface area contributed by atoms with Gasteiger partial charge in [0.05, 0.1) is 5.25 Å². The number of hydrogen-bond acceptors (Lipinski definition) is 4. The Bertz CT molecular complexity index is 651. The zero-order valence-corrected chi connectivity index (χ0v) is 13.6. The van der Waals surface area contributed by atoms with Gasteiger partial charge in [0.1, 0.15) is 5.82 Å². The van der Waals surface area contributed by atoms with E-state index in [1.54, 1.807) is 0 Å². The molecule has 1 fully saturated rings. The number of amides is 1. The van der Waals surface area contributed by atoms with Gasteiger partial charge in [-0.25, -0.2) is 0 Å². The average Bonchev–Trinajstić information content (AvgIpc) is 3.30. The number of aromatic nitrogens is 3. The third-order valence-electron chi connectivity index (χ3n) is 3.71. The van der Waals surface area contributed by atoms with Crippen LogP contribution >= 0.6 is 11.8 Å². The number of benzene rings is 1. The van der Waals surface area contributed by atoms with Crippen molar-refractivity contribution < 1.29 is 4.79 Å². The zero-order valence-electron chi connectivity index (χ0n) is 12.8. The highest BCUT2D eigenvalue weighted by molar-refractivity contribution is 8.00. The Morgan fingerprint density at radius 1 is 1.36 bits per heavy atom. The molecular weight excluding hydrogens is 296 g/mol. The van der Waals surface area contributed by atoms with Crippen molar-refractivity contribution in [2.24, 2.45) is 0 Å². The average molecular weight is 316 g/mol. The van der Waals surface area contributed by atoms with E-state index >= 15 is 0 Å². The van der Waals surface area contributed by atoms with Gasteiger partial charge in [-0.1, -0.05) is 42.1 Å². The van der Waals surface area contributed by atoms with Crippen molar-refractivity contribution in [1.29, 1.82) is 0 Å². The van der Waals surface area contributed by atoms with Gasteiger partial charge in [0.15, 0.2) is 5.16 Å². The van der Waals surface area contributed by atoms with Crippen LogP contribution in [0.2, 0.25) is 0 Å². The minimum absolute atomic E-state index is 0.0249. The predicted octanol–water partition coefficient (Wildman–Crippen LogP) is 2.72. The van der Waals surface area contributed by atoms with E-state index in [2.05, 4.69) is 20.1 Å². The summed E-state index contributed by atoms with van der Waals surface area (Å²) in [7, 11) is 0. The maximum Gasteiger partial charge on any atom is 0.233 e. The normalized spacial score (nSPS) is 15.5. The standard InChI is InChI=1S/C16H20N4OS/c1-11(15(21)17-10-13-6-4-3-5-7-13)22-16-19-18-12(2)20(16)14-8-9-14/h3-7,11,14H,8-10H2,1-2H3,(H,17,21)/t11-/m0/s1. The number of thioether (sulfide) groups is 1. The van der Waals surface area contributed by atoms with Crippen LogP contribution in [-0.4, -0.2) is 25.9 Å². The molecule has 2 aromatic rings. The largest absolute Gasteiger partial charge is 0.351 e. The summed E-state index contributed by atoms with van der Waals surface area (Å²) in [6, 6.07) is 10.4. The molecule has 22 heavy (non-hydrogen) atoms. The Balaban J connectivity index is 1.57. The molecule has 6 heteroatoms. The first kappa shape index (κ1) is 15.1. The fourth-order valence-corrected chi connectivity index (χ4v) is 3.31. The maximum atomic E-state index is 12.2. The van der Waals surface area contributed by atoms with Crippen molar-refractivity contribution in [3.8, 4) is 0 Å². The van der Waals surface area contributed by atoms with Gasteiger partial charge < -0.3 is 9.88 Å². The summed E-state index contributed by atoms with van der Waals surface area (Å²) in [6.07, 6.45) is 2.36. The van der Waals surface area contributed by atoms with Gasteiger partial charge in [0, 0.05) is 12.6 Å². The minimum atomic E-state index is -0.190. The lowest BCUT2D eigenvalue weighted by atomic mass is 10.2. The van der Waals surface area contributed by atoms with E-state index in [0.717, 1.165) is 16.5 Å². The summed E-state index contributed by atoms with van der Waals surface area (Å²) in [5.74, 6) is 0.957. The molecule has 0 unspecified atom stereocenters. The summed E-state index contributed by atoms with van der Waals surface area (Å²) in [5.41, 5.74) is 1.10. The lowest BCUT2D eigenvalue weighted by molar-refractivity contribution is -0.120. The quantitative estimate of drug-likeness (QED) is 0.833. The monoisotopic (exact) mass is 316 g/mol. The van der Waals surface area contributed by atoms with Crippen molar-refractivity contribution in [1.82, 2.24) is 20.1 Å². The van der Waals surface area contributed by atoms with E-state index in [-0.39, 0.29) is 11.2 Å². The molecule has 0 radical (unpaired) electrons. The van der Waals surface area contributed by atoms with Gasteiger partial charge in [-0.2, -0.15) is 0 Å². The number of carbonyl (C=O) groups excluding carboxylic acids is 1. The van der Waals surface area contributed by atoms with Crippen molar-refractivity contribution in [2.75, 3.05) is 0 Å². The molecular formula is C16H20N4OS. The molecule has 1 amide bonds. The van der Waals surface area contributed by atoms with Crippen LogP contribution in [-0.2, 0) is 11.3 Å². The molecule has 1 atom stereocenters. The minimum Gasteiger partial charge on any atom is -0.351 e. The van der Waals surface area contributed by atoms with Gasteiger partial charge >= 0.3 is 0 Å². The number of aryl methyl sites for hydroxylation is 1. The topological polar surface area (TPSA) is 59.8 Å². The van der Waals surface area contributed by atoms with Crippen molar-refractivity contribution in [3.63, 3.8) is 0 Å². The molecule has 1 aromatic heterocycles. The second kappa shape index (κ2) is 6.52. The van der Waals surface area contributed by atoms with Gasteiger partial charge in [-0.05, 0) is 32.3 Å². The summed E-state index contributed by atoms with van der Waals surface area (Å²) in [5, 5.41) is 12.0. The highest BCUT2D eigenvalue weighted by atomic mass is 32.2. The lowest BCUT2D eigenvalue weighted by Gasteiger charge is -2.12. The molecule has 1 aliphatic rings. The highest BCUT2D eigenvalue weighted by Gasteiger charge is 2.29. The Labute approximate surface area is 134 Å². The Morgan fingerprint density at radius 3 is 2.77 bits per heavy atom. The third-order valence-corrected chi connectivity index (χ3v) is 4.76. The second-order valence-corrected chi connectivity index (χ2v) is 6.90. The maximum absolute atomic E-state index is 12.2. The molecule has 116 valence electrons. The summed E-state index contributed by atoms with van der Waals surface area (Å²) >= 11 is 1.48. The van der Waals surface area contributed by atoms with Crippen LogP contribution in [0.1, 0.15) is 37.2 Å². The van der Waals surface area contributed by atoms with E-state index in [1.807, 2.05) is 44.2 Å². The van der Waals surface area contributed by atoms with Crippen molar-refractivity contribution in [2.45, 2.75) is 49.7 Å². The van der Waals surface area contributed by atoms with Crippen LogP contribution in [0.15, 0.2) is 35.5 Å². The van der Waals surface area contributed by atoms with Crippen LogP contribution in [0.3, 0.4) is 0 Å². The molecule has 0 spiro atoms. The number of carbonyl (C=O) groups is 1. The van der Waals surface area contributed by atoms with E-state index in [4.69, 9.17) is 0 Å².